The maximum absolute atomic E-state index is 12.4. The average Bonchev–Trinajstić information content (AvgIpc) is 3.09. The van der Waals surface area contributed by atoms with Crippen molar-refractivity contribution in [2.75, 3.05) is 14.2 Å². The second kappa shape index (κ2) is 5.35. The van der Waals surface area contributed by atoms with E-state index in [1.54, 1.807) is 32.4 Å². The van der Waals surface area contributed by atoms with Gasteiger partial charge in [0.1, 0.15) is 11.5 Å². The fourth-order valence-corrected chi connectivity index (χ4v) is 3.61. The molecule has 2 aliphatic rings. The van der Waals surface area contributed by atoms with Crippen molar-refractivity contribution in [2.45, 2.75) is 31.7 Å². The second-order valence-corrected chi connectivity index (χ2v) is 5.86. The van der Waals surface area contributed by atoms with Crippen molar-refractivity contribution in [3.8, 4) is 11.5 Å². The Balaban J connectivity index is 1.73. The van der Waals surface area contributed by atoms with E-state index in [1.807, 2.05) is 0 Å². The van der Waals surface area contributed by atoms with E-state index >= 15 is 0 Å². The van der Waals surface area contributed by atoms with Gasteiger partial charge in [0.15, 0.2) is 0 Å². The number of hydrogen-bond acceptors (Lipinski definition) is 3. The Morgan fingerprint density at radius 2 is 1.80 bits per heavy atom. The lowest BCUT2D eigenvalue weighted by molar-refractivity contribution is 0.0922. The molecule has 1 aromatic rings. The quantitative estimate of drug-likeness (QED) is 0.919. The summed E-state index contributed by atoms with van der Waals surface area (Å²) in [4.78, 5) is 12.4. The Morgan fingerprint density at radius 1 is 1.10 bits per heavy atom. The molecule has 0 aromatic heterocycles. The number of hydrogen-bond donors (Lipinski definition) is 1. The zero-order valence-corrected chi connectivity index (χ0v) is 12.0. The van der Waals surface area contributed by atoms with Crippen LogP contribution in [0.15, 0.2) is 18.2 Å². The molecule has 2 bridgehead atoms. The molecule has 20 heavy (non-hydrogen) atoms. The fourth-order valence-electron chi connectivity index (χ4n) is 3.61. The zero-order chi connectivity index (χ0) is 14.1. The van der Waals surface area contributed by atoms with Crippen LogP contribution in [0.1, 0.15) is 36.0 Å². The molecule has 108 valence electrons. The van der Waals surface area contributed by atoms with Gasteiger partial charge in [0.25, 0.3) is 5.91 Å². The normalized spacial score (nSPS) is 27.4. The first-order valence-electron chi connectivity index (χ1n) is 7.23. The predicted molar refractivity (Wildman–Crippen MR) is 76.2 cm³/mol. The Labute approximate surface area is 119 Å². The molecule has 4 nitrogen and oxygen atoms in total. The van der Waals surface area contributed by atoms with Crippen molar-refractivity contribution >= 4 is 5.91 Å². The molecule has 3 unspecified atom stereocenters. The highest BCUT2D eigenvalue weighted by atomic mass is 16.5. The van der Waals surface area contributed by atoms with Crippen molar-refractivity contribution in [1.82, 2.24) is 5.32 Å². The van der Waals surface area contributed by atoms with Gasteiger partial charge in [-0.2, -0.15) is 0 Å². The third-order valence-electron chi connectivity index (χ3n) is 4.67. The number of benzene rings is 1. The first kappa shape index (κ1) is 13.3. The number of rotatable bonds is 4. The molecule has 0 radical (unpaired) electrons. The molecule has 3 rings (SSSR count). The minimum atomic E-state index is -0.0280. The Bertz CT molecular complexity index is 492. The molecule has 3 atom stereocenters. The molecule has 2 saturated carbocycles. The van der Waals surface area contributed by atoms with E-state index in [0.29, 0.717) is 29.0 Å². The molecule has 1 amide bonds. The van der Waals surface area contributed by atoms with Crippen LogP contribution in [0.5, 0.6) is 11.5 Å². The highest BCUT2D eigenvalue weighted by Gasteiger charge is 2.40. The van der Waals surface area contributed by atoms with Gasteiger partial charge in [0, 0.05) is 17.7 Å². The average molecular weight is 275 g/mol. The number of ether oxygens (including phenoxy) is 2. The molecule has 2 fully saturated rings. The van der Waals surface area contributed by atoms with Crippen LogP contribution in [-0.2, 0) is 0 Å². The summed E-state index contributed by atoms with van der Waals surface area (Å²) in [5.74, 6) is 2.76. The summed E-state index contributed by atoms with van der Waals surface area (Å²) in [6.07, 6.45) is 5.02. The van der Waals surface area contributed by atoms with Crippen LogP contribution in [0, 0.1) is 11.8 Å². The zero-order valence-electron chi connectivity index (χ0n) is 12.0. The monoisotopic (exact) mass is 275 g/mol. The smallest absolute Gasteiger partial charge is 0.251 e. The number of nitrogens with one attached hydrogen (secondary N) is 1. The topological polar surface area (TPSA) is 47.6 Å². The lowest BCUT2D eigenvalue weighted by atomic mass is 9.95. The van der Waals surface area contributed by atoms with Crippen molar-refractivity contribution in [1.29, 1.82) is 0 Å². The SMILES string of the molecule is COc1cc(OC)cc(C(=O)NC2CC3CCC2C3)c1. The summed E-state index contributed by atoms with van der Waals surface area (Å²) in [5, 5.41) is 3.18. The van der Waals surface area contributed by atoms with Crippen molar-refractivity contribution in [3.63, 3.8) is 0 Å². The summed E-state index contributed by atoms with van der Waals surface area (Å²) < 4.78 is 10.4. The maximum Gasteiger partial charge on any atom is 0.251 e. The Hall–Kier alpha value is -1.71. The van der Waals surface area contributed by atoms with Crippen molar-refractivity contribution < 1.29 is 14.3 Å². The lowest BCUT2D eigenvalue weighted by Crippen LogP contribution is -2.38. The molecule has 1 aromatic carbocycles. The molecule has 0 saturated heterocycles. The van der Waals surface area contributed by atoms with Gasteiger partial charge in [-0.15, -0.1) is 0 Å². The van der Waals surface area contributed by atoms with Gasteiger partial charge in [0.2, 0.25) is 0 Å². The minimum Gasteiger partial charge on any atom is -0.497 e. The minimum absolute atomic E-state index is 0.0280. The molecular formula is C16H21NO3. The molecule has 4 heteroatoms. The van der Waals surface area contributed by atoms with E-state index < -0.39 is 0 Å². The third kappa shape index (κ3) is 2.47. The van der Waals surface area contributed by atoms with E-state index in [4.69, 9.17) is 9.47 Å². The van der Waals surface area contributed by atoms with Crippen molar-refractivity contribution in [2.24, 2.45) is 11.8 Å². The van der Waals surface area contributed by atoms with E-state index in [2.05, 4.69) is 5.32 Å². The molecule has 0 spiro atoms. The highest BCUT2D eigenvalue weighted by molar-refractivity contribution is 5.95. The molecule has 0 heterocycles. The van der Waals surface area contributed by atoms with Gasteiger partial charge < -0.3 is 14.8 Å². The molecule has 2 aliphatic carbocycles. The second-order valence-electron chi connectivity index (χ2n) is 5.86. The van der Waals surface area contributed by atoms with Crippen LogP contribution >= 0.6 is 0 Å². The standard InChI is InChI=1S/C16H21NO3/c1-19-13-7-12(8-14(9-13)20-2)16(18)17-15-6-10-3-4-11(15)5-10/h7-11,15H,3-6H2,1-2H3,(H,17,18). The number of amides is 1. The number of fused-ring (bicyclic) bond motifs is 2. The molecular weight excluding hydrogens is 254 g/mol. The van der Waals surface area contributed by atoms with E-state index in [0.717, 1.165) is 12.3 Å². The van der Waals surface area contributed by atoms with Crippen molar-refractivity contribution in [3.05, 3.63) is 23.8 Å². The summed E-state index contributed by atoms with van der Waals surface area (Å²) in [5.41, 5.74) is 0.601. The molecule has 1 N–H and O–H groups in total. The maximum atomic E-state index is 12.4. The summed E-state index contributed by atoms with van der Waals surface area (Å²) >= 11 is 0. The Kier molecular flexibility index (Phi) is 3.55. The van der Waals surface area contributed by atoms with Gasteiger partial charge in [0.05, 0.1) is 14.2 Å². The van der Waals surface area contributed by atoms with Crippen LogP contribution in [0.2, 0.25) is 0 Å². The van der Waals surface area contributed by atoms with Gasteiger partial charge >= 0.3 is 0 Å². The van der Waals surface area contributed by atoms with E-state index in [9.17, 15) is 4.79 Å². The van der Waals surface area contributed by atoms with E-state index in [-0.39, 0.29) is 5.91 Å². The summed E-state index contributed by atoms with van der Waals surface area (Å²) in [6, 6.07) is 5.63. The van der Waals surface area contributed by atoms with Crippen LogP contribution in [-0.4, -0.2) is 26.2 Å². The van der Waals surface area contributed by atoms with Crippen LogP contribution < -0.4 is 14.8 Å². The van der Waals surface area contributed by atoms with Gasteiger partial charge in [-0.3, -0.25) is 4.79 Å². The summed E-state index contributed by atoms with van der Waals surface area (Å²) in [6.45, 7) is 0. The number of carbonyl (C=O) groups excluding carboxylic acids is 1. The van der Waals surface area contributed by atoms with E-state index in [1.165, 1.54) is 19.3 Å². The van der Waals surface area contributed by atoms with Crippen LogP contribution in [0.3, 0.4) is 0 Å². The lowest BCUT2D eigenvalue weighted by Gasteiger charge is -2.23. The summed E-state index contributed by atoms with van der Waals surface area (Å²) in [7, 11) is 3.18. The first-order valence-corrected chi connectivity index (χ1v) is 7.23. The largest absolute Gasteiger partial charge is 0.497 e. The Morgan fingerprint density at radius 3 is 2.30 bits per heavy atom. The van der Waals surface area contributed by atoms with Gasteiger partial charge in [-0.05, 0) is 43.2 Å². The number of methoxy groups -OCH3 is 2. The molecule has 0 aliphatic heterocycles. The van der Waals surface area contributed by atoms with Crippen LogP contribution in [0.4, 0.5) is 0 Å². The van der Waals surface area contributed by atoms with Crippen LogP contribution in [0.25, 0.3) is 0 Å². The van der Waals surface area contributed by atoms with Gasteiger partial charge in [-0.1, -0.05) is 6.42 Å². The first-order chi connectivity index (χ1) is 9.69. The third-order valence-corrected chi connectivity index (χ3v) is 4.67. The number of carbonyl (C=O) groups is 1. The predicted octanol–water partition coefficient (Wildman–Crippen LogP) is 2.62. The fraction of sp³-hybridized carbons (Fsp3) is 0.562. The highest BCUT2D eigenvalue weighted by Crippen LogP contribution is 2.44. The van der Waals surface area contributed by atoms with Gasteiger partial charge in [-0.25, -0.2) is 0 Å².